The van der Waals surface area contributed by atoms with E-state index >= 15 is 0 Å². The van der Waals surface area contributed by atoms with Crippen molar-refractivity contribution < 1.29 is 0 Å². The van der Waals surface area contributed by atoms with Crippen LogP contribution in [-0.4, -0.2) is 0 Å². The topological polar surface area (TPSA) is 23.8 Å². The molecule has 0 unspecified atom stereocenters. The zero-order chi connectivity index (χ0) is 7.98. The molecule has 0 aromatic carbocycles. The van der Waals surface area contributed by atoms with Gasteiger partial charge in [-0.15, -0.1) is 0 Å². The van der Waals surface area contributed by atoms with E-state index in [1.165, 1.54) is 5.57 Å². The molecule has 0 aliphatic carbocycles. The molecule has 1 heteroatoms. The largest absolute Gasteiger partial charge is 0.192 e. The van der Waals surface area contributed by atoms with Crippen molar-refractivity contribution in [3.63, 3.8) is 0 Å². The predicted molar refractivity (Wildman–Crippen MR) is 43.4 cm³/mol. The van der Waals surface area contributed by atoms with Gasteiger partial charge in [0.1, 0.15) is 0 Å². The van der Waals surface area contributed by atoms with Crippen molar-refractivity contribution in [1.29, 1.82) is 5.26 Å². The van der Waals surface area contributed by atoms with Gasteiger partial charge >= 0.3 is 0 Å². The highest BCUT2D eigenvalue weighted by molar-refractivity contribution is 5.34. The number of allylic oxidation sites excluding steroid dienone is 4. The van der Waals surface area contributed by atoms with Gasteiger partial charge in [-0.05, 0) is 26.3 Å². The van der Waals surface area contributed by atoms with Gasteiger partial charge in [-0.3, -0.25) is 0 Å². The number of hydrogen-bond donors (Lipinski definition) is 0. The Labute approximate surface area is 62.7 Å². The van der Waals surface area contributed by atoms with Crippen molar-refractivity contribution in [2.75, 3.05) is 0 Å². The molecule has 0 aliphatic rings. The fraction of sp³-hybridized carbons (Fsp3) is 0.444. The second kappa shape index (κ2) is 4.81. The molecule has 0 atom stereocenters. The van der Waals surface area contributed by atoms with E-state index < -0.39 is 0 Å². The summed E-state index contributed by atoms with van der Waals surface area (Å²) in [6.45, 7) is 6.00. The van der Waals surface area contributed by atoms with Gasteiger partial charge in [-0.25, -0.2) is 0 Å². The van der Waals surface area contributed by atoms with Gasteiger partial charge in [-0.2, -0.15) is 5.26 Å². The van der Waals surface area contributed by atoms with Crippen LogP contribution in [0.1, 0.15) is 27.2 Å². The first kappa shape index (κ1) is 8.97. The zero-order valence-electron chi connectivity index (χ0n) is 6.81. The Bertz CT molecular complexity index is 187. The fourth-order valence-electron chi connectivity index (χ4n) is 0.668. The highest BCUT2D eigenvalue weighted by atomic mass is 14.2. The first-order valence-electron chi connectivity index (χ1n) is 3.45. The van der Waals surface area contributed by atoms with Crippen molar-refractivity contribution >= 4 is 0 Å². The molecule has 10 heavy (non-hydrogen) atoms. The monoisotopic (exact) mass is 135 g/mol. The SMILES string of the molecule is CC/C=C(/C#N)C=C(C)C. The Balaban J connectivity index is 4.28. The number of rotatable bonds is 2. The fourth-order valence-corrected chi connectivity index (χ4v) is 0.668. The summed E-state index contributed by atoms with van der Waals surface area (Å²) in [5.41, 5.74) is 1.93. The van der Waals surface area contributed by atoms with E-state index in [9.17, 15) is 0 Å². The maximum Gasteiger partial charge on any atom is 0.0988 e. The summed E-state index contributed by atoms with van der Waals surface area (Å²) in [6.07, 6.45) is 4.74. The van der Waals surface area contributed by atoms with Crippen molar-refractivity contribution in [3.8, 4) is 6.07 Å². The molecule has 0 saturated heterocycles. The van der Waals surface area contributed by atoms with Crippen LogP contribution in [-0.2, 0) is 0 Å². The molecular formula is C9H13N. The van der Waals surface area contributed by atoms with Gasteiger partial charge in [0.2, 0.25) is 0 Å². The summed E-state index contributed by atoms with van der Waals surface area (Å²) >= 11 is 0. The number of hydrogen-bond acceptors (Lipinski definition) is 1. The van der Waals surface area contributed by atoms with Crippen molar-refractivity contribution in [2.45, 2.75) is 27.2 Å². The Morgan fingerprint density at radius 3 is 2.40 bits per heavy atom. The maximum absolute atomic E-state index is 8.54. The van der Waals surface area contributed by atoms with E-state index in [2.05, 4.69) is 6.07 Å². The smallest absolute Gasteiger partial charge is 0.0988 e. The zero-order valence-corrected chi connectivity index (χ0v) is 6.81. The van der Waals surface area contributed by atoms with Crippen LogP contribution >= 0.6 is 0 Å². The average Bonchev–Trinajstić information content (AvgIpc) is 1.86. The maximum atomic E-state index is 8.54. The number of nitriles is 1. The van der Waals surface area contributed by atoms with Crippen LogP contribution in [0.3, 0.4) is 0 Å². The second-order valence-corrected chi connectivity index (χ2v) is 2.40. The van der Waals surface area contributed by atoms with Crippen LogP contribution in [0.5, 0.6) is 0 Å². The Kier molecular flexibility index (Phi) is 4.32. The van der Waals surface area contributed by atoms with Gasteiger partial charge in [0.15, 0.2) is 0 Å². The molecule has 0 N–H and O–H groups in total. The lowest BCUT2D eigenvalue weighted by Gasteiger charge is -1.88. The normalized spacial score (nSPS) is 10.4. The van der Waals surface area contributed by atoms with E-state index in [-0.39, 0.29) is 0 Å². The van der Waals surface area contributed by atoms with E-state index in [1.807, 2.05) is 32.9 Å². The molecule has 54 valence electrons. The highest BCUT2D eigenvalue weighted by Gasteiger charge is 1.86. The minimum absolute atomic E-state index is 0.766. The Morgan fingerprint density at radius 2 is 2.10 bits per heavy atom. The number of nitrogens with zero attached hydrogens (tertiary/aromatic N) is 1. The third-order valence-electron chi connectivity index (χ3n) is 0.997. The summed E-state index contributed by atoms with van der Waals surface area (Å²) in [4.78, 5) is 0. The molecule has 0 spiro atoms. The second-order valence-electron chi connectivity index (χ2n) is 2.40. The average molecular weight is 135 g/mol. The Hall–Kier alpha value is -1.03. The van der Waals surface area contributed by atoms with Gasteiger partial charge in [-0.1, -0.05) is 18.6 Å². The molecule has 0 radical (unpaired) electrons. The minimum atomic E-state index is 0.766. The molecule has 1 nitrogen and oxygen atoms in total. The summed E-state index contributed by atoms with van der Waals surface area (Å²) in [7, 11) is 0. The molecule has 0 aromatic heterocycles. The molecule has 0 amide bonds. The molecule has 0 saturated carbocycles. The van der Waals surface area contributed by atoms with E-state index in [1.54, 1.807) is 0 Å². The van der Waals surface area contributed by atoms with Gasteiger partial charge < -0.3 is 0 Å². The van der Waals surface area contributed by atoms with Crippen molar-refractivity contribution in [3.05, 3.63) is 23.3 Å². The van der Waals surface area contributed by atoms with Gasteiger partial charge in [0, 0.05) is 5.57 Å². The molecule has 0 rings (SSSR count). The van der Waals surface area contributed by atoms with Crippen LogP contribution in [0, 0.1) is 11.3 Å². The van der Waals surface area contributed by atoms with Crippen LogP contribution in [0.2, 0.25) is 0 Å². The van der Waals surface area contributed by atoms with Gasteiger partial charge in [0.25, 0.3) is 0 Å². The minimum Gasteiger partial charge on any atom is -0.192 e. The molecule has 0 fully saturated rings. The van der Waals surface area contributed by atoms with Crippen LogP contribution in [0.4, 0.5) is 0 Å². The third-order valence-corrected chi connectivity index (χ3v) is 0.997. The van der Waals surface area contributed by atoms with Crippen LogP contribution in [0.25, 0.3) is 0 Å². The molecule has 0 aliphatic heterocycles. The summed E-state index contributed by atoms with van der Waals surface area (Å²) in [5, 5.41) is 8.54. The lowest BCUT2D eigenvalue weighted by atomic mass is 10.2. The molecule has 0 aromatic rings. The molecule has 0 bridgehead atoms. The first-order valence-corrected chi connectivity index (χ1v) is 3.45. The summed E-state index contributed by atoms with van der Waals surface area (Å²) in [5.74, 6) is 0. The van der Waals surface area contributed by atoms with Crippen LogP contribution < -0.4 is 0 Å². The van der Waals surface area contributed by atoms with Crippen molar-refractivity contribution in [2.24, 2.45) is 0 Å². The summed E-state index contributed by atoms with van der Waals surface area (Å²) < 4.78 is 0. The highest BCUT2D eigenvalue weighted by Crippen LogP contribution is 2.01. The van der Waals surface area contributed by atoms with E-state index in [0.717, 1.165) is 12.0 Å². The van der Waals surface area contributed by atoms with Crippen molar-refractivity contribution in [1.82, 2.24) is 0 Å². The predicted octanol–water partition coefficient (Wildman–Crippen LogP) is 2.81. The first-order chi connectivity index (χ1) is 4.70. The standard InChI is InChI=1S/C9H13N/c1-4-5-9(7-10)6-8(2)3/h5-6H,4H2,1-3H3/b9-5+. The third kappa shape index (κ3) is 3.91. The lowest BCUT2D eigenvalue weighted by molar-refractivity contribution is 1.21. The van der Waals surface area contributed by atoms with Crippen LogP contribution in [0.15, 0.2) is 23.3 Å². The van der Waals surface area contributed by atoms with E-state index in [4.69, 9.17) is 5.26 Å². The quantitative estimate of drug-likeness (QED) is 0.422. The van der Waals surface area contributed by atoms with E-state index in [0.29, 0.717) is 0 Å². The lowest BCUT2D eigenvalue weighted by Crippen LogP contribution is -1.73. The summed E-state index contributed by atoms with van der Waals surface area (Å²) in [6, 6.07) is 2.12. The molecule has 0 heterocycles. The van der Waals surface area contributed by atoms with Gasteiger partial charge in [0.05, 0.1) is 6.07 Å². The molecular weight excluding hydrogens is 122 g/mol. The Morgan fingerprint density at radius 1 is 1.50 bits per heavy atom.